The van der Waals surface area contributed by atoms with E-state index in [-0.39, 0.29) is 29.1 Å². The Morgan fingerprint density at radius 3 is 2.42 bits per heavy atom. The van der Waals surface area contributed by atoms with Crippen LogP contribution >= 0.6 is 0 Å². The van der Waals surface area contributed by atoms with Crippen molar-refractivity contribution in [2.24, 2.45) is 17.8 Å². The SMILES string of the molecule is C=C1C(=O)O[C@H](CC)[C@H](C)/C=C/C(=O)[C@H](C)C[C@H](C)/C=C(\C)C1=O. The van der Waals surface area contributed by atoms with E-state index in [1.807, 2.05) is 27.7 Å². The normalized spacial score (nSPS) is 34.1. The van der Waals surface area contributed by atoms with Crippen LogP contribution in [0.2, 0.25) is 0 Å². The van der Waals surface area contributed by atoms with Crippen molar-refractivity contribution in [1.29, 1.82) is 0 Å². The van der Waals surface area contributed by atoms with Gasteiger partial charge in [-0.2, -0.15) is 0 Å². The number of rotatable bonds is 1. The highest BCUT2D eigenvalue weighted by molar-refractivity contribution is 6.23. The summed E-state index contributed by atoms with van der Waals surface area (Å²) >= 11 is 0. The van der Waals surface area contributed by atoms with Gasteiger partial charge in [-0.25, -0.2) is 4.79 Å². The molecule has 0 N–H and O–H groups in total. The number of carbonyl (C=O) groups is 3. The van der Waals surface area contributed by atoms with Gasteiger partial charge in [-0.15, -0.1) is 0 Å². The van der Waals surface area contributed by atoms with Crippen molar-refractivity contribution in [3.8, 4) is 0 Å². The zero-order chi connectivity index (χ0) is 18.4. The van der Waals surface area contributed by atoms with Gasteiger partial charge in [0.2, 0.25) is 0 Å². The van der Waals surface area contributed by atoms with Gasteiger partial charge in [-0.05, 0) is 37.3 Å². The maximum atomic E-state index is 12.3. The highest BCUT2D eigenvalue weighted by Crippen LogP contribution is 2.21. The quantitative estimate of drug-likeness (QED) is 0.416. The molecule has 0 saturated carbocycles. The minimum atomic E-state index is -0.691. The molecule has 4 heteroatoms. The van der Waals surface area contributed by atoms with Crippen LogP contribution in [-0.2, 0) is 19.1 Å². The van der Waals surface area contributed by atoms with Gasteiger partial charge in [-0.3, -0.25) is 9.59 Å². The number of hydrogen-bond acceptors (Lipinski definition) is 4. The van der Waals surface area contributed by atoms with Gasteiger partial charge in [0.05, 0.1) is 0 Å². The van der Waals surface area contributed by atoms with Crippen LogP contribution in [0.4, 0.5) is 0 Å². The summed E-state index contributed by atoms with van der Waals surface area (Å²) in [6, 6.07) is 0. The topological polar surface area (TPSA) is 60.4 Å². The van der Waals surface area contributed by atoms with E-state index in [2.05, 4.69) is 6.58 Å². The van der Waals surface area contributed by atoms with Gasteiger partial charge in [0.1, 0.15) is 11.7 Å². The van der Waals surface area contributed by atoms with Gasteiger partial charge in [0, 0.05) is 11.8 Å². The van der Waals surface area contributed by atoms with E-state index in [1.165, 1.54) is 0 Å². The minimum Gasteiger partial charge on any atom is -0.458 e. The zero-order valence-electron chi connectivity index (χ0n) is 15.3. The highest BCUT2D eigenvalue weighted by Gasteiger charge is 2.25. The van der Waals surface area contributed by atoms with Crippen LogP contribution in [-0.4, -0.2) is 23.6 Å². The van der Waals surface area contributed by atoms with Crippen LogP contribution in [0.5, 0.6) is 0 Å². The Kier molecular flexibility index (Phi) is 7.33. The molecule has 0 aromatic carbocycles. The lowest BCUT2D eigenvalue weighted by molar-refractivity contribution is -0.146. The molecule has 1 heterocycles. The van der Waals surface area contributed by atoms with Crippen molar-refractivity contribution in [3.05, 3.63) is 36.0 Å². The molecule has 132 valence electrons. The van der Waals surface area contributed by atoms with Crippen LogP contribution in [0.25, 0.3) is 0 Å². The Morgan fingerprint density at radius 1 is 1.21 bits per heavy atom. The number of cyclic esters (lactones) is 1. The molecular weight excluding hydrogens is 304 g/mol. The number of carbonyl (C=O) groups excluding carboxylic acids is 3. The Bertz CT molecular complexity index is 582. The Hall–Kier alpha value is -1.97. The second-order valence-corrected chi connectivity index (χ2v) is 6.74. The summed E-state index contributed by atoms with van der Waals surface area (Å²) in [5, 5.41) is 0. The van der Waals surface area contributed by atoms with Crippen LogP contribution in [0.15, 0.2) is 36.0 Å². The molecule has 0 unspecified atom stereocenters. The first-order valence-electron chi connectivity index (χ1n) is 8.52. The lowest BCUT2D eigenvalue weighted by atomic mass is 9.90. The Balaban J connectivity index is 3.18. The van der Waals surface area contributed by atoms with Crippen molar-refractivity contribution in [2.75, 3.05) is 0 Å². The number of hydrogen-bond donors (Lipinski definition) is 0. The Labute approximate surface area is 144 Å². The molecule has 1 aliphatic rings. The summed E-state index contributed by atoms with van der Waals surface area (Å²) < 4.78 is 5.43. The summed E-state index contributed by atoms with van der Waals surface area (Å²) in [5.41, 5.74) is 0.310. The number of esters is 1. The van der Waals surface area contributed by atoms with E-state index in [0.717, 1.165) is 0 Å². The van der Waals surface area contributed by atoms with Crippen molar-refractivity contribution >= 4 is 17.5 Å². The number of ether oxygens (including phenoxy) is 1. The average molecular weight is 332 g/mol. The second kappa shape index (κ2) is 8.76. The molecule has 0 bridgehead atoms. The molecule has 0 spiro atoms. The zero-order valence-corrected chi connectivity index (χ0v) is 15.3. The van der Waals surface area contributed by atoms with E-state index in [4.69, 9.17) is 4.74 Å². The third-order valence-electron chi connectivity index (χ3n) is 4.44. The molecule has 0 aromatic rings. The van der Waals surface area contributed by atoms with Gasteiger partial charge >= 0.3 is 5.97 Å². The van der Waals surface area contributed by atoms with Crippen molar-refractivity contribution < 1.29 is 19.1 Å². The number of Topliss-reactive ketones (excluding diaryl/α,β-unsaturated/α-hetero) is 1. The monoisotopic (exact) mass is 332 g/mol. The lowest BCUT2D eigenvalue weighted by Gasteiger charge is -2.21. The molecule has 24 heavy (non-hydrogen) atoms. The van der Waals surface area contributed by atoms with Crippen LogP contribution in [0.3, 0.4) is 0 Å². The number of ketones is 2. The lowest BCUT2D eigenvalue weighted by Crippen LogP contribution is -2.27. The van der Waals surface area contributed by atoms with Crippen LogP contribution in [0.1, 0.15) is 47.5 Å². The van der Waals surface area contributed by atoms with E-state index >= 15 is 0 Å². The maximum Gasteiger partial charge on any atom is 0.341 e. The van der Waals surface area contributed by atoms with Gasteiger partial charge in [-0.1, -0.05) is 46.4 Å². The second-order valence-electron chi connectivity index (χ2n) is 6.74. The molecule has 0 saturated heterocycles. The minimum absolute atomic E-state index is 0.0497. The fourth-order valence-electron chi connectivity index (χ4n) is 2.88. The summed E-state index contributed by atoms with van der Waals surface area (Å²) in [5.74, 6) is -1.24. The van der Waals surface area contributed by atoms with Gasteiger partial charge < -0.3 is 4.74 Å². The van der Waals surface area contributed by atoms with Crippen LogP contribution < -0.4 is 0 Å². The third-order valence-corrected chi connectivity index (χ3v) is 4.44. The first-order valence-corrected chi connectivity index (χ1v) is 8.52. The van der Waals surface area contributed by atoms with Crippen LogP contribution in [0, 0.1) is 17.8 Å². The summed E-state index contributed by atoms with van der Waals surface area (Å²) in [6.07, 6.45) is 6.00. The molecule has 0 radical (unpaired) electrons. The highest BCUT2D eigenvalue weighted by atomic mass is 16.5. The fourth-order valence-corrected chi connectivity index (χ4v) is 2.88. The van der Waals surface area contributed by atoms with Crippen molar-refractivity contribution in [3.63, 3.8) is 0 Å². The molecule has 4 nitrogen and oxygen atoms in total. The third kappa shape index (κ3) is 5.29. The van der Waals surface area contributed by atoms with E-state index in [1.54, 1.807) is 25.2 Å². The summed E-state index contributed by atoms with van der Waals surface area (Å²) in [7, 11) is 0. The standard InChI is InChI=1S/C20H28O4/c1-7-18-13(3)8-9-17(21)14(4)10-12(2)11-15(5)19(22)16(6)20(23)24-18/h8-9,11-14,18H,6-7,10H2,1-5H3/b9-8+,15-11+/t12-,13+,14+,18+/m0/s1. The largest absolute Gasteiger partial charge is 0.458 e. The molecule has 1 aliphatic heterocycles. The Morgan fingerprint density at radius 2 is 1.83 bits per heavy atom. The average Bonchev–Trinajstić information content (AvgIpc) is 2.54. The first kappa shape index (κ1) is 20.1. The van der Waals surface area contributed by atoms with Gasteiger partial charge in [0.25, 0.3) is 0 Å². The number of allylic oxidation sites excluding steroid dienone is 3. The van der Waals surface area contributed by atoms with Gasteiger partial charge in [0.15, 0.2) is 11.6 Å². The summed E-state index contributed by atoms with van der Waals surface area (Å²) in [6.45, 7) is 12.9. The summed E-state index contributed by atoms with van der Waals surface area (Å²) in [4.78, 5) is 36.8. The molecule has 0 fully saturated rings. The fraction of sp³-hybridized carbons (Fsp3) is 0.550. The molecule has 1 rings (SSSR count). The smallest absolute Gasteiger partial charge is 0.341 e. The van der Waals surface area contributed by atoms with Crippen molar-refractivity contribution in [1.82, 2.24) is 0 Å². The molecule has 0 aliphatic carbocycles. The predicted octanol–water partition coefficient (Wildman–Crippen LogP) is 3.82. The van der Waals surface area contributed by atoms with Crippen molar-refractivity contribution in [2.45, 2.75) is 53.6 Å². The predicted molar refractivity (Wildman–Crippen MR) is 94.3 cm³/mol. The molecule has 4 atom stereocenters. The molecule has 0 amide bonds. The molecule has 0 aromatic heterocycles. The first-order chi connectivity index (χ1) is 11.2. The van der Waals surface area contributed by atoms with E-state index in [9.17, 15) is 14.4 Å². The van der Waals surface area contributed by atoms with E-state index < -0.39 is 17.9 Å². The van der Waals surface area contributed by atoms with E-state index in [0.29, 0.717) is 18.4 Å². The maximum absolute atomic E-state index is 12.3. The molecular formula is C20H28O4.